The number of nitrogens with zero attached hydrogens (tertiary/aromatic N) is 6. The van der Waals surface area contributed by atoms with Crippen molar-refractivity contribution in [3.63, 3.8) is 0 Å². The third-order valence-corrected chi connectivity index (χ3v) is 14.3. The van der Waals surface area contributed by atoms with Crippen LogP contribution in [0.3, 0.4) is 0 Å². The molecule has 0 spiro atoms. The van der Waals surface area contributed by atoms with Crippen molar-refractivity contribution in [3.05, 3.63) is 143 Å². The van der Waals surface area contributed by atoms with Crippen LogP contribution in [0.1, 0.15) is 54.4 Å². The zero-order chi connectivity index (χ0) is 47.9. The van der Waals surface area contributed by atoms with Gasteiger partial charge in [-0.3, -0.25) is 9.97 Å². The van der Waals surface area contributed by atoms with Crippen molar-refractivity contribution >= 4 is 72.8 Å². The average molecular weight is 1010 g/mol. The minimum Gasteiger partial charge on any atom is -0.444 e. The SMILES string of the molecule is Cc1c(Cc2ccc(S(=O)(=O)N(C)C)cc2)c2cnccc2n1C/C(F)=C/CN.Cc1c(Cc2ccc(S(=O)(=O)N(C)C)cc2)c2cnccc2n1C/C(F)=C/CNC(=O)OC(C)(C)C.Cl.Cl. The van der Waals surface area contributed by atoms with Crippen molar-refractivity contribution in [1.82, 2.24) is 33.0 Å². The molecule has 364 valence electrons. The Balaban J connectivity index is 0.000000352. The summed E-state index contributed by atoms with van der Waals surface area (Å²) in [6.45, 7) is 9.44. The number of rotatable bonds is 15. The van der Waals surface area contributed by atoms with E-state index in [4.69, 9.17) is 10.5 Å². The molecular formula is C47H60Cl2F2N8O6S2. The second kappa shape index (κ2) is 23.7. The Morgan fingerprint density at radius 1 is 0.701 bits per heavy atom. The number of nitrogens with two attached hydrogens (primary N) is 1. The lowest BCUT2D eigenvalue weighted by molar-refractivity contribution is 0.0533. The molecule has 67 heavy (non-hydrogen) atoms. The summed E-state index contributed by atoms with van der Waals surface area (Å²) < 4.78 is 89.5. The molecule has 4 heterocycles. The summed E-state index contributed by atoms with van der Waals surface area (Å²) in [5.41, 5.74) is 12.3. The number of carbonyl (C=O) groups is 1. The zero-order valence-electron chi connectivity index (χ0n) is 39.1. The van der Waals surface area contributed by atoms with Gasteiger partial charge in [0.1, 0.15) is 17.3 Å². The van der Waals surface area contributed by atoms with Gasteiger partial charge in [-0.05, 0) is 118 Å². The molecule has 0 radical (unpaired) electrons. The average Bonchev–Trinajstić information content (AvgIpc) is 3.65. The first-order chi connectivity index (χ1) is 30.5. The Kier molecular flexibility index (Phi) is 19.8. The van der Waals surface area contributed by atoms with Crippen molar-refractivity contribution in [3.8, 4) is 0 Å². The van der Waals surface area contributed by atoms with Crippen molar-refractivity contribution in [1.29, 1.82) is 0 Å². The van der Waals surface area contributed by atoms with Gasteiger partial charge in [-0.25, -0.2) is 39.0 Å². The number of pyridine rings is 2. The third kappa shape index (κ3) is 13.9. The predicted octanol–water partition coefficient (Wildman–Crippen LogP) is 8.41. The third-order valence-electron chi connectivity index (χ3n) is 10.6. The van der Waals surface area contributed by atoms with Gasteiger partial charge in [-0.2, -0.15) is 0 Å². The van der Waals surface area contributed by atoms with Gasteiger partial charge >= 0.3 is 6.09 Å². The van der Waals surface area contributed by atoms with E-state index in [9.17, 15) is 30.4 Å². The van der Waals surface area contributed by atoms with Gasteiger partial charge in [0.15, 0.2) is 0 Å². The fraction of sp³-hybridized carbons (Fsp3) is 0.340. The largest absolute Gasteiger partial charge is 0.444 e. The normalized spacial score (nSPS) is 12.4. The number of fused-ring (bicyclic) bond motifs is 2. The second-order valence-corrected chi connectivity index (χ2v) is 21.0. The van der Waals surface area contributed by atoms with Gasteiger partial charge in [0.05, 0.1) is 33.9 Å². The van der Waals surface area contributed by atoms with Crippen molar-refractivity contribution < 1.29 is 35.1 Å². The second-order valence-electron chi connectivity index (χ2n) is 16.7. The van der Waals surface area contributed by atoms with E-state index in [1.165, 1.54) is 49.0 Å². The molecule has 0 aliphatic carbocycles. The summed E-state index contributed by atoms with van der Waals surface area (Å²) in [6, 6.07) is 17.3. The van der Waals surface area contributed by atoms with Gasteiger partial charge < -0.3 is 24.9 Å². The molecule has 2 aromatic carbocycles. The molecule has 0 fully saturated rings. The van der Waals surface area contributed by atoms with E-state index in [0.29, 0.717) is 12.8 Å². The molecule has 4 aromatic heterocycles. The lowest BCUT2D eigenvalue weighted by Crippen LogP contribution is -2.32. The molecule has 0 atom stereocenters. The molecule has 0 bridgehead atoms. The maximum Gasteiger partial charge on any atom is 0.407 e. The van der Waals surface area contributed by atoms with Crippen LogP contribution < -0.4 is 11.1 Å². The van der Waals surface area contributed by atoms with E-state index in [-0.39, 0.29) is 66.6 Å². The highest BCUT2D eigenvalue weighted by molar-refractivity contribution is 7.89. The van der Waals surface area contributed by atoms with E-state index in [0.717, 1.165) is 55.4 Å². The Bertz CT molecular complexity index is 2930. The summed E-state index contributed by atoms with van der Waals surface area (Å²) in [5.74, 6) is -0.679. The van der Waals surface area contributed by atoms with Crippen LogP contribution >= 0.6 is 24.8 Å². The van der Waals surface area contributed by atoms with Crippen LogP contribution in [0.2, 0.25) is 0 Å². The number of allylic oxidation sites excluding steroid dienone is 2. The van der Waals surface area contributed by atoms with Crippen LogP contribution in [0.4, 0.5) is 13.6 Å². The molecule has 3 N–H and O–H groups in total. The molecule has 0 aliphatic heterocycles. The highest BCUT2D eigenvalue weighted by Crippen LogP contribution is 2.31. The van der Waals surface area contributed by atoms with Crippen LogP contribution in [-0.2, 0) is 50.7 Å². The molecule has 0 saturated heterocycles. The summed E-state index contributed by atoms with van der Waals surface area (Å²) in [6.07, 6.45) is 10.1. The van der Waals surface area contributed by atoms with Crippen LogP contribution in [0, 0.1) is 13.8 Å². The molecule has 20 heteroatoms. The molecule has 1 amide bonds. The first-order valence-corrected chi connectivity index (χ1v) is 23.7. The van der Waals surface area contributed by atoms with Crippen molar-refractivity contribution in [2.75, 3.05) is 41.3 Å². The van der Waals surface area contributed by atoms with Crippen LogP contribution in [-0.4, -0.2) is 97.5 Å². The number of alkyl carbamates (subject to hydrolysis) is 1. The van der Waals surface area contributed by atoms with Crippen molar-refractivity contribution in [2.24, 2.45) is 5.73 Å². The minimum absolute atomic E-state index is 0. The molecular weight excluding hydrogens is 946 g/mol. The van der Waals surface area contributed by atoms with Crippen molar-refractivity contribution in [2.45, 2.75) is 75.9 Å². The first kappa shape index (κ1) is 56.1. The molecule has 0 saturated carbocycles. The van der Waals surface area contributed by atoms with Crippen LogP contribution in [0.25, 0.3) is 21.8 Å². The Morgan fingerprint density at radius 3 is 1.45 bits per heavy atom. The van der Waals surface area contributed by atoms with Gasteiger partial charge in [-0.1, -0.05) is 24.3 Å². The molecule has 14 nitrogen and oxygen atoms in total. The van der Waals surface area contributed by atoms with Gasteiger partial charge in [0, 0.05) is 88.2 Å². The van der Waals surface area contributed by atoms with E-state index < -0.39 is 37.6 Å². The summed E-state index contributed by atoms with van der Waals surface area (Å²) in [4.78, 5) is 20.7. The number of benzene rings is 2. The van der Waals surface area contributed by atoms with Gasteiger partial charge in [-0.15, -0.1) is 24.8 Å². The summed E-state index contributed by atoms with van der Waals surface area (Å²) in [5, 5.41) is 4.38. The van der Waals surface area contributed by atoms with Gasteiger partial charge in [0.2, 0.25) is 20.0 Å². The monoisotopic (exact) mass is 1000 g/mol. The number of hydrogen-bond acceptors (Lipinski definition) is 9. The van der Waals surface area contributed by atoms with Crippen LogP contribution in [0.15, 0.2) is 119 Å². The number of halogens is 4. The predicted molar refractivity (Wildman–Crippen MR) is 265 cm³/mol. The van der Waals surface area contributed by atoms with E-state index >= 15 is 0 Å². The topological polar surface area (TPSA) is 175 Å². The number of carbonyl (C=O) groups excluding carboxylic acids is 1. The maximum atomic E-state index is 14.8. The standard InChI is InChI=1S/C26H33FN4O4S.C21H25FN4O2S.2ClH/c1-18-22(15-19-7-9-21(10-8-19)36(33,34)30(5)6)23-16-28-13-12-24(23)31(18)17-20(27)11-14-29-25(32)35-26(2,3)4;1-15-19(12-16-4-6-18(7-5-16)29(27,28)25(2)3)20-13-24-11-9-21(20)26(15)14-17(22)8-10-23;;/h7-13,16H,14-15,17H2,1-6H3,(H,29,32);4-9,11,13H,10,12,14,23H2,1-3H3;2*1H/b20-11-;17-8-;;. The number of ether oxygens (including phenoxy) is 1. The lowest BCUT2D eigenvalue weighted by atomic mass is 10.0. The smallest absolute Gasteiger partial charge is 0.407 e. The number of hydrogen-bond donors (Lipinski definition) is 2. The molecule has 0 unspecified atom stereocenters. The summed E-state index contributed by atoms with van der Waals surface area (Å²) in [7, 11) is -0.962. The first-order valence-electron chi connectivity index (χ1n) is 20.8. The fourth-order valence-corrected chi connectivity index (χ4v) is 8.95. The fourth-order valence-electron chi connectivity index (χ4n) is 7.15. The lowest BCUT2D eigenvalue weighted by Gasteiger charge is -2.19. The molecule has 6 aromatic rings. The Morgan fingerprint density at radius 2 is 1.09 bits per heavy atom. The van der Waals surface area contributed by atoms with Gasteiger partial charge in [0.25, 0.3) is 0 Å². The number of amides is 1. The highest BCUT2D eigenvalue weighted by Gasteiger charge is 2.21. The summed E-state index contributed by atoms with van der Waals surface area (Å²) >= 11 is 0. The van der Waals surface area contributed by atoms with E-state index in [2.05, 4.69) is 15.3 Å². The molecule has 6 rings (SSSR count). The number of nitrogens with one attached hydrogen (secondary N) is 1. The number of aromatic nitrogens is 4. The molecule has 0 aliphatic rings. The Hall–Kier alpha value is -5.21. The van der Waals surface area contributed by atoms with E-state index in [1.54, 1.807) is 82.0 Å². The van der Waals surface area contributed by atoms with E-state index in [1.807, 2.05) is 47.2 Å². The number of sulfonamides is 2. The quantitative estimate of drug-likeness (QED) is 0.102. The minimum atomic E-state index is -3.50. The Labute approximate surface area is 404 Å². The maximum absolute atomic E-state index is 14.8. The highest BCUT2D eigenvalue weighted by atomic mass is 35.5. The zero-order valence-corrected chi connectivity index (χ0v) is 42.3. The van der Waals surface area contributed by atoms with Crippen LogP contribution in [0.5, 0.6) is 0 Å².